The van der Waals surface area contributed by atoms with Gasteiger partial charge >= 0.3 is 0 Å². The van der Waals surface area contributed by atoms with Gasteiger partial charge in [-0.15, -0.1) is 0 Å². The quantitative estimate of drug-likeness (QED) is 0.500. The summed E-state index contributed by atoms with van der Waals surface area (Å²) in [6.45, 7) is 3.72. The molecule has 9 heteroatoms. The Hall–Kier alpha value is -4.29. The van der Waals surface area contributed by atoms with E-state index in [0.29, 0.717) is 11.1 Å². The van der Waals surface area contributed by atoms with Gasteiger partial charge in [-0.3, -0.25) is 9.59 Å². The number of aliphatic hydroxyl groups excluding tert-OH is 1. The summed E-state index contributed by atoms with van der Waals surface area (Å²) in [6.07, 6.45) is 0.884. The zero-order chi connectivity index (χ0) is 28.1. The molecule has 3 aromatic rings. The lowest BCUT2D eigenvalue weighted by Gasteiger charge is -2.37. The van der Waals surface area contributed by atoms with Gasteiger partial charge in [0.2, 0.25) is 5.88 Å². The zero-order valence-electron chi connectivity index (χ0n) is 21.9. The molecule has 2 aromatic carbocycles. The van der Waals surface area contributed by atoms with Crippen LogP contribution in [0, 0.1) is 29.4 Å². The third kappa shape index (κ3) is 6.41. The highest BCUT2D eigenvalue weighted by molar-refractivity contribution is 5.97. The lowest BCUT2D eigenvalue weighted by atomic mass is 9.99. The van der Waals surface area contributed by atoms with Crippen LogP contribution in [-0.2, 0) is 0 Å². The summed E-state index contributed by atoms with van der Waals surface area (Å²) in [5.74, 6) is 3.82. The number of nitrogens with zero attached hydrogens (tertiary/aromatic N) is 3. The summed E-state index contributed by atoms with van der Waals surface area (Å²) in [4.78, 5) is 33.8. The monoisotopic (exact) mass is 535 g/mol. The Balaban J connectivity index is 0.00000441. The minimum absolute atomic E-state index is 0. The van der Waals surface area contributed by atoms with Crippen LogP contribution in [0.25, 0.3) is 0 Å². The minimum Gasteiger partial charge on any atom is -0.472 e. The Kier molecular flexibility index (Phi) is 8.57. The maximum atomic E-state index is 14.2. The van der Waals surface area contributed by atoms with Crippen molar-refractivity contribution in [3.8, 4) is 17.7 Å². The van der Waals surface area contributed by atoms with Gasteiger partial charge in [0.1, 0.15) is 23.3 Å². The molecule has 1 aliphatic rings. The summed E-state index contributed by atoms with van der Waals surface area (Å²) in [5, 5.41) is 9.84. The van der Waals surface area contributed by atoms with Gasteiger partial charge in [-0.1, -0.05) is 30.9 Å². The van der Waals surface area contributed by atoms with Crippen LogP contribution >= 0.6 is 0 Å². The number of benzene rings is 2. The van der Waals surface area contributed by atoms with Gasteiger partial charge < -0.3 is 19.6 Å². The fourth-order valence-electron chi connectivity index (χ4n) is 4.26. The van der Waals surface area contributed by atoms with E-state index in [1.54, 1.807) is 43.1 Å². The second-order valence-electron chi connectivity index (χ2n) is 9.62. The van der Waals surface area contributed by atoms with Crippen LogP contribution < -0.4 is 4.74 Å². The topological polar surface area (TPSA) is 83.0 Å². The predicted molar refractivity (Wildman–Crippen MR) is 143 cm³/mol. The first-order valence-corrected chi connectivity index (χ1v) is 12.5. The molecule has 2 heterocycles. The van der Waals surface area contributed by atoms with Gasteiger partial charge in [0.05, 0.1) is 24.8 Å². The fraction of sp³-hybridized carbons (Fsp3) is 0.300. The Morgan fingerprint density at radius 2 is 1.90 bits per heavy atom. The molecular weight excluding hydrogens is 504 g/mol. The number of aliphatic hydroxyl groups is 1. The number of hydrogen-bond acceptors (Lipinski definition) is 5. The van der Waals surface area contributed by atoms with E-state index in [2.05, 4.69) is 16.8 Å². The number of halogens is 2. The Bertz CT molecular complexity index is 1420. The van der Waals surface area contributed by atoms with Crippen molar-refractivity contribution in [3.05, 3.63) is 94.7 Å². The molecule has 0 saturated heterocycles. The number of pyridine rings is 1. The number of aromatic nitrogens is 1. The average molecular weight is 536 g/mol. The van der Waals surface area contributed by atoms with E-state index in [1.165, 1.54) is 41.4 Å². The van der Waals surface area contributed by atoms with Crippen molar-refractivity contribution in [2.24, 2.45) is 5.92 Å². The zero-order valence-corrected chi connectivity index (χ0v) is 21.9. The number of fused-ring (bicyclic) bond motifs is 1. The van der Waals surface area contributed by atoms with E-state index in [4.69, 9.17) is 4.74 Å². The SMILES string of the molecule is C[C@H](CO)N1C[C@H](C)[C@H](CN(C)C(=O)c2ccccc2F)Oc2ncc(C#Cc3ccc(F)cc3)cc2C1=O.[HH]. The second-order valence-corrected chi connectivity index (χ2v) is 9.62. The first kappa shape index (κ1) is 27.7. The molecule has 1 aromatic heterocycles. The van der Waals surface area contributed by atoms with Crippen LogP contribution in [0.15, 0.2) is 60.8 Å². The molecule has 0 radical (unpaired) electrons. The Morgan fingerprint density at radius 1 is 1.21 bits per heavy atom. The highest BCUT2D eigenvalue weighted by Gasteiger charge is 2.35. The van der Waals surface area contributed by atoms with Gasteiger partial charge in [0.15, 0.2) is 0 Å². The molecule has 1 aliphatic heterocycles. The summed E-state index contributed by atoms with van der Waals surface area (Å²) >= 11 is 0. The number of carbonyl (C=O) groups is 2. The first-order valence-electron chi connectivity index (χ1n) is 12.5. The van der Waals surface area contributed by atoms with Gasteiger partial charge in [-0.2, -0.15) is 0 Å². The van der Waals surface area contributed by atoms with E-state index in [1.807, 2.05) is 6.92 Å². The predicted octanol–water partition coefficient (Wildman–Crippen LogP) is 4.00. The van der Waals surface area contributed by atoms with Crippen LogP contribution in [0.3, 0.4) is 0 Å². The normalized spacial score (nSPS) is 17.6. The van der Waals surface area contributed by atoms with Crippen molar-refractivity contribution in [2.45, 2.75) is 26.0 Å². The Labute approximate surface area is 227 Å². The smallest absolute Gasteiger partial charge is 0.259 e. The van der Waals surface area contributed by atoms with Crippen LogP contribution in [0.4, 0.5) is 8.78 Å². The molecule has 4 rings (SSSR count). The van der Waals surface area contributed by atoms with Crippen LogP contribution in [0.2, 0.25) is 0 Å². The van der Waals surface area contributed by atoms with Crippen LogP contribution in [0.5, 0.6) is 5.88 Å². The van der Waals surface area contributed by atoms with E-state index in [-0.39, 0.29) is 55.8 Å². The highest BCUT2D eigenvalue weighted by atomic mass is 19.1. The molecule has 0 bridgehead atoms. The first-order chi connectivity index (χ1) is 18.7. The van der Waals surface area contributed by atoms with Crippen LogP contribution in [-0.4, -0.2) is 70.6 Å². The molecular formula is C30H31F2N3O4. The molecule has 0 spiro atoms. The summed E-state index contributed by atoms with van der Waals surface area (Å²) in [7, 11) is 1.56. The summed E-state index contributed by atoms with van der Waals surface area (Å²) in [6, 6.07) is 12.6. The molecule has 204 valence electrons. The molecule has 39 heavy (non-hydrogen) atoms. The fourth-order valence-corrected chi connectivity index (χ4v) is 4.26. The Morgan fingerprint density at radius 3 is 2.59 bits per heavy atom. The molecule has 0 fully saturated rings. The number of likely N-dealkylation sites (N-methyl/N-ethyl adjacent to an activating group) is 1. The largest absolute Gasteiger partial charge is 0.472 e. The molecule has 0 aliphatic carbocycles. The lowest BCUT2D eigenvalue weighted by molar-refractivity contribution is 0.0312. The van der Waals surface area contributed by atoms with Crippen LogP contribution in [0.1, 0.15) is 47.1 Å². The lowest BCUT2D eigenvalue weighted by Crippen LogP contribution is -2.50. The van der Waals surface area contributed by atoms with E-state index in [0.717, 1.165) is 0 Å². The highest BCUT2D eigenvalue weighted by Crippen LogP contribution is 2.27. The van der Waals surface area contributed by atoms with E-state index >= 15 is 0 Å². The van der Waals surface area contributed by atoms with Crippen molar-refractivity contribution in [2.75, 3.05) is 26.7 Å². The molecule has 0 saturated carbocycles. The number of amides is 2. The van der Waals surface area contributed by atoms with E-state index in [9.17, 15) is 23.5 Å². The van der Waals surface area contributed by atoms with E-state index < -0.39 is 23.9 Å². The van der Waals surface area contributed by atoms with Crippen molar-refractivity contribution in [3.63, 3.8) is 0 Å². The van der Waals surface area contributed by atoms with Crippen molar-refractivity contribution in [1.82, 2.24) is 14.8 Å². The maximum absolute atomic E-state index is 14.2. The molecule has 0 unspecified atom stereocenters. The van der Waals surface area contributed by atoms with Crippen molar-refractivity contribution in [1.29, 1.82) is 0 Å². The molecule has 7 nitrogen and oxygen atoms in total. The molecule has 3 atom stereocenters. The minimum atomic E-state index is -0.615. The standard InChI is InChI=1S/C30H29F2N3O4.H2/c1-19-16-35(20(2)18-36)30(38)25-14-22(9-8-21-10-12-23(31)13-11-21)15-33-28(25)39-27(19)17-34(3)29(37)24-6-4-5-7-26(24)32;/h4-7,10-15,19-20,27,36H,16-18H2,1-3H3;1H/t19-,20+,27-;/m0./s1. The average Bonchev–Trinajstić information content (AvgIpc) is 2.94. The van der Waals surface area contributed by atoms with Crippen molar-refractivity contribution < 1.29 is 29.6 Å². The third-order valence-corrected chi connectivity index (χ3v) is 6.62. The number of hydrogen-bond donors (Lipinski definition) is 1. The number of rotatable bonds is 5. The molecule has 2 amide bonds. The van der Waals surface area contributed by atoms with Gasteiger partial charge in [0.25, 0.3) is 11.8 Å². The second kappa shape index (κ2) is 12.0. The number of ether oxygens (including phenoxy) is 1. The van der Waals surface area contributed by atoms with Gasteiger partial charge in [-0.25, -0.2) is 13.8 Å². The summed E-state index contributed by atoms with van der Waals surface area (Å²) in [5.41, 5.74) is 1.16. The third-order valence-electron chi connectivity index (χ3n) is 6.62. The van der Waals surface area contributed by atoms with Gasteiger partial charge in [0, 0.05) is 38.3 Å². The summed E-state index contributed by atoms with van der Waals surface area (Å²) < 4.78 is 33.6. The van der Waals surface area contributed by atoms with Crippen molar-refractivity contribution >= 4 is 11.8 Å². The molecule has 1 N–H and O–H groups in total. The number of carbonyl (C=O) groups excluding carboxylic acids is 2. The van der Waals surface area contributed by atoms with Gasteiger partial charge in [-0.05, 0) is 49.4 Å². The maximum Gasteiger partial charge on any atom is 0.259 e.